The Hall–Kier alpha value is -1.79. The first kappa shape index (κ1) is 52.3. The fraction of sp³-hybridized carbons (Fsp3) is 0.841. The Bertz CT molecular complexity index is 1120. The van der Waals surface area contributed by atoms with Gasteiger partial charge in [0.15, 0.2) is 12.6 Å². The fourth-order valence-corrected chi connectivity index (χ4v) is 7.06. The lowest BCUT2D eigenvalue weighted by molar-refractivity contribution is -0.359. The van der Waals surface area contributed by atoms with Gasteiger partial charge in [0.2, 0.25) is 5.91 Å². The minimum absolute atomic E-state index is 0.263. The van der Waals surface area contributed by atoms with Crippen LogP contribution in [0.2, 0.25) is 0 Å². The van der Waals surface area contributed by atoms with Gasteiger partial charge < -0.3 is 65.1 Å². The van der Waals surface area contributed by atoms with Crippen molar-refractivity contribution in [3.63, 3.8) is 0 Å². The van der Waals surface area contributed by atoms with E-state index in [9.17, 15) is 45.6 Å². The fourth-order valence-electron chi connectivity index (χ4n) is 7.06. The van der Waals surface area contributed by atoms with Gasteiger partial charge >= 0.3 is 0 Å². The number of aliphatic hydroxyl groups excluding tert-OH is 8. The third-order valence-corrected chi connectivity index (χ3v) is 10.8. The number of unbranched alkanes of at least 4 members (excludes halogenated alkanes) is 15. The maximum atomic E-state index is 13.1. The molecule has 14 nitrogen and oxygen atoms in total. The van der Waals surface area contributed by atoms with Crippen LogP contribution in [-0.4, -0.2) is 140 Å². The number of amides is 1. The van der Waals surface area contributed by atoms with Crippen LogP contribution in [-0.2, 0) is 23.7 Å². The van der Waals surface area contributed by atoms with Gasteiger partial charge in [0.1, 0.15) is 48.8 Å². The Morgan fingerprint density at radius 1 is 0.603 bits per heavy atom. The normalized spacial score (nSPS) is 29.1. The molecule has 338 valence electrons. The van der Waals surface area contributed by atoms with E-state index in [-0.39, 0.29) is 18.9 Å². The minimum atomic E-state index is -1.79. The predicted octanol–water partition coefficient (Wildman–Crippen LogP) is 3.98. The van der Waals surface area contributed by atoms with E-state index in [1.165, 1.54) is 57.8 Å². The molecule has 2 heterocycles. The number of rotatable bonds is 32. The van der Waals surface area contributed by atoms with Crippen LogP contribution in [0.5, 0.6) is 0 Å². The molecule has 0 aromatic carbocycles. The van der Waals surface area contributed by atoms with E-state index in [0.29, 0.717) is 12.8 Å². The molecule has 0 aliphatic carbocycles. The van der Waals surface area contributed by atoms with E-state index in [1.54, 1.807) is 6.08 Å². The first-order chi connectivity index (χ1) is 28.1. The summed E-state index contributed by atoms with van der Waals surface area (Å²) in [5.74, 6) is -0.264. The lowest BCUT2D eigenvalue weighted by Gasteiger charge is -2.46. The standard InChI is InChI=1S/C44H79NO13/c1-3-5-7-9-11-13-15-16-18-20-22-24-26-28-36(49)45-32(33(48)27-25-23-21-19-17-14-12-10-8-6-4-2)31-55-43-41(54)39(52)42(35(30-47)57-43)58-44-40(53)38(51)37(50)34(29-46)56-44/h13,15,17,19,25,27,32-35,37-44,46-48,50-54H,3-12,14,16,18,20-24,26,28-31H2,1-2H3,(H,45,49)/b15-13-,19-17+,27-25+. The molecular formula is C44H79NO13. The number of carbonyl (C=O) groups excluding carboxylic acids is 1. The second-order valence-electron chi connectivity index (χ2n) is 15.8. The monoisotopic (exact) mass is 830 g/mol. The van der Waals surface area contributed by atoms with Crippen molar-refractivity contribution in [2.45, 2.75) is 216 Å². The van der Waals surface area contributed by atoms with Crippen LogP contribution in [0.15, 0.2) is 36.5 Å². The average molecular weight is 830 g/mol. The zero-order chi connectivity index (χ0) is 42.5. The largest absolute Gasteiger partial charge is 0.394 e. The van der Waals surface area contributed by atoms with Crippen LogP contribution in [0.3, 0.4) is 0 Å². The molecule has 12 unspecified atom stereocenters. The Labute approximate surface area is 347 Å². The third kappa shape index (κ3) is 20.2. The number of allylic oxidation sites excluding steroid dienone is 5. The molecule has 0 aromatic heterocycles. The second-order valence-corrected chi connectivity index (χ2v) is 15.8. The van der Waals surface area contributed by atoms with Gasteiger partial charge in [-0.2, -0.15) is 0 Å². The first-order valence-corrected chi connectivity index (χ1v) is 22.2. The summed E-state index contributed by atoms with van der Waals surface area (Å²) >= 11 is 0. The number of ether oxygens (including phenoxy) is 4. The smallest absolute Gasteiger partial charge is 0.220 e. The summed E-state index contributed by atoms with van der Waals surface area (Å²) < 4.78 is 22.6. The van der Waals surface area contributed by atoms with Crippen LogP contribution in [0, 0.1) is 0 Å². The summed E-state index contributed by atoms with van der Waals surface area (Å²) in [5.41, 5.74) is 0. The molecule has 12 atom stereocenters. The van der Waals surface area contributed by atoms with Crippen molar-refractivity contribution in [3.8, 4) is 0 Å². The highest BCUT2D eigenvalue weighted by molar-refractivity contribution is 5.76. The minimum Gasteiger partial charge on any atom is -0.394 e. The van der Waals surface area contributed by atoms with Crippen molar-refractivity contribution in [2.24, 2.45) is 0 Å². The lowest BCUT2D eigenvalue weighted by atomic mass is 9.97. The van der Waals surface area contributed by atoms with Crippen molar-refractivity contribution in [3.05, 3.63) is 36.5 Å². The highest BCUT2D eigenvalue weighted by Crippen LogP contribution is 2.30. The van der Waals surface area contributed by atoms with Crippen molar-refractivity contribution >= 4 is 5.91 Å². The van der Waals surface area contributed by atoms with Crippen LogP contribution in [0.4, 0.5) is 0 Å². The van der Waals surface area contributed by atoms with Crippen LogP contribution >= 0.6 is 0 Å². The summed E-state index contributed by atoms with van der Waals surface area (Å²) in [5, 5.41) is 86.3. The molecule has 0 saturated carbocycles. The van der Waals surface area contributed by atoms with Crippen LogP contribution < -0.4 is 5.32 Å². The van der Waals surface area contributed by atoms with Crippen molar-refractivity contribution in [2.75, 3.05) is 19.8 Å². The molecule has 14 heteroatoms. The SMILES string of the molecule is CCCCCC/C=C\CCCCCCCC(=O)NC(COC1OC(CO)C(OC2OC(CO)C(O)C(O)C2O)C(O)C1O)C(O)/C=C/CC/C=C/CCCCCCC. The summed E-state index contributed by atoms with van der Waals surface area (Å²) in [6, 6.07) is -0.931. The average Bonchev–Trinajstić information content (AvgIpc) is 3.22. The number of aliphatic hydroxyl groups is 8. The van der Waals surface area contributed by atoms with E-state index >= 15 is 0 Å². The first-order valence-electron chi connectivity index (χ1n) is 22.2. The molecule has 2 aliphatic heterocycles. The molecular weight excluding hydrogens is 750 g/mol. The molecule has 2 aliphatic rings. The Morgan fingerprint density at radius 2 is 1.10 bits per heavy atom. The molecule has 1 amide bonds. The number of hydrogen-bond donors (Lipinski definition) is 9. The van der Waals surface area contributed by atoms with Gasteiger partial charge in [-0.05, 0) is 57.8 Å². The second kappa shape index (κ2) is 32.0. The highest BCUT2D eigenvalue weighted by atomic mass is 16.7. The zero-order valence-electron chi connectivity index (χ0n) is 35.3. The lowest BCUT2D eigenvalue weighted by Crippen LogP contribution is -2.65. The van der Waals surface area contributed by atoms with Gasteiger partial charge in [0.05, 0.1) is 32.0 Å². The van der Waals surface area contributed by atoms with E-state index in [1.807, 2.05) is 6.08 Å². The van der Waals surface area contributed by atoms with Crippen molar-refractivity contribution in [1.82, 2.24) is 5.32 Å². The maximum absolute atomic E-state index is 13.1. The number of hydrogen-bond acceptors (Lipinski definition) is 13. The topological polar surface area (TPSA) is 228 Å². The molecule has 0 bridgehead atoms. The quantitative estimate of drug-likeness (QED) is 0.0346. The number of carbonyl (C=O) groups is 1. The molecule has 9 N–H and O–H groups in total. The van der Waals surface area contributed by atoms with Crippen LogP contribution in [0.25, 0.3) is 0 Å². The summed E-state index contributed by atoms with van der Waals surface area (Å²) in [6.45, 7) is 2.68. The van der Waals surface area contributed by atoms with Crippen molar-refractivity contribution in [1.29, 1.82) is 0 Å². The zero-order valence-corrected chi connectivity index (χ0v) is 35.3. The van der Waals surface area contributed by atoms with E-state index < -0.39 is 86.8 Å². The Balaban J connectivity index is 1.94. The molecule has 0 radical (unpaired) electrons. The van der Waals surface area contributed by atoms with E-state index in [4.69, 9.17) is 18.9 Å². The van der Waals surface area contributed by atoms with Gasteiger partial charge in [0, 0.05) is 6.42 Å². The number of nitrogens with one attached hydrogen (secondary N) is 1. The maximum Gasteiger partial charge on any atom is 0.220 e. The van der Waals surface area contributed by atoms with Crippen molar-refractivity contribution < 1.29 is 64.6 Å². The molecule has 0 spiro atoms. The van der Waals surface area contributed by atoms with E-state index in [2.05, 4.69) is 43.5 Å². The van der Waals surface area contributed by atoms with Crippen LogP contribution in [0.1, 0.15) is 142 Å². The summed E-state index contributed by atoms with van der Waals surface area (Å²) in [7, 11) is 0. The van der Waals surface area contributed by atoms with Gasteiger partial charge in [-0.1, -0.05) is 115 Å². The van der Waals surface area contributed by atoms with Gasteiger partial charge in [-0.3, -0.25) is 4.79 Å². The third-order valence-electron chi connectivity index (χ3n) is 10.8. The molecule has 2 rings (SSSR count). The molecule has 58 heavy (non-hydrogen) atoms. The van der Waals surface area contributed by atoms with Gasteiger partial charge in [-0.15, -0.1) is 0 Å². The summed E-state index contributed by atoms with van der Waals surface area (Å²) in [4.78, 5) is 13.1. The molecule has 0 aromatic rings. The van der Waals surface area contributed by atoms with E-state index in [0.717, 1.165) is 51.4 Å². The van der Waals surface area contributed by atoms with Gasteiger partial charge in [0.25, 0.3) is 0 Å². The molecule has 2 fully saturated rings. The Kier molecular flexibility index (Phi) is 28.9. The predicted molar refractivity (Wildman–Crippen MR) is 221 cm³/mol. The van der Waals surface area contributed by atoms with Gasteiger partial charge in [-0.25, -0.2) is 0 Å². The summed E-state index contributed by atoms with van der Waals surface area (Å²) in [6.07, 6.45) is 16.3. The highest BCUT2D eigenvalue weighted by Gasteiger charge is 2.50. The molecule has 2 saturated heterocycles. The Morgan fingerprint density at radius 3 is 1.71 bits per heavy atom.